The van der Waals surface area contributed by atoms with Gasteiger partial charge in [0.05, 0.1) is 24.6 Å². The number of likely N-dealkylation sites (tertiary alicyclic amines) is 1. The van der Waals surface area contributed by atoms with E-state index < -0.39 is 54.6 Å². The fourth-order valence-electron chi connectivity index (χ4n) is 4.66. The van der Waals surface area contributed by atoms with Crippen molar-refractivity contribution in [2.75, 3.05) is 19.7 Å². The van der Waals surface area contributed by atoms with Gasteiger partial charge in [-0.15, -0.1) is 11.3 Å². The number of carbonyl (C=O) groups excluding carboxylic acids is 1. The quantitative estimate of drug-likeness (QED) is 0.392. The predicted octanol–water partition coefficient (Wildman–Crippen LogP) is 4.77. The van der Waals surface area contributed by atoms with Gasteiger partial charge in [-0.2, -0.15) is 0 Å². The molecule has 8 nitrogen and oxygen atoms in total. The molecule has 13 heteroatoms. The van der Waals surface area contributed by atoms with Crippen LogP contribution in [0.2, 0.25) is 0 Å². The summed E-state index contributed by atoms with van der Waals surface area (Å²) >= 11 is 4.65. The monoisotopic (exact) mass is 614 g/mol. The lowest BCUT2D eigenvalue weighted by Gasteiger charge is -2.32. The summed E-state index contributed by atoms with van der Waals surface area (Å²) in [5, 5.41) is 14.7. The van der Waals surface area contributed by atoms with E-state index in [1.54, 1.807) is 18.5 Å². The zero-order chi connectivity index (χ0) is 27.6. The molecule has 1 aromatic carbocycles. The van der Waals surface area contributed by atoms with Gasteiger partial charge in [0.15, 0.2) is 10.8 Å². The zero-order valence-electron chi connectivity index (χ0n) is 20.6. The van der Waals surface area contributed by atoms with Crippen LogP contribution in [0, 0.1) is 11.7 Å². The number of carboxylic acids is 1. The van der Waals surface area contributed by atoms with Crippen LogP contribution >= 0.6 is 27.3 Å². The van der Waals surface area contributed by atoms with Crippen molar-refractivity contribution in [3.8, 4) is 0 Å². The van der Waals surface area contributed by atoms with Gasteiger partial charge in [0, 0.05) is 40.8 Å². The molecule has 3 atom stereocenters. The second kappa shape index (κ2) is 11.5. The molecule has 0 spiro atoms. The lowest BCUT2D eigenvalue weighted by molar-refractivity contribution is -0.142. The van der Waals surface area contributed by atoms with E-state index in [9.17, 15) is 27.9 Å². The Balaban J connectivity index is 1.80. The molecule has 1 fully saturated rings. The molecule has 0 aliphatic carbocycles. The summed E-state index contributed by atoms with van der Waals surface area (Å²) in [4.78, 5) is 35.2. The fraction of sp³-hybridized carbons (Fsp3) is 0.440. The number of nitrogens with zero attached hydrogens (tertiary/aromatic N) is 3. The molecule has 2 aliphatic heterocycles. The number of halogens is 4. The summed E-state index contributed by atoms with van der Waals surface area (Å²) in [5.41, 5.74) is 0.862. The van der Waals surface area contributed by atoms with Crippen LogP contribution in [-0.2, 0) is 14.3 Å². The van der Waals surface area contributed by atoms with Crippen molar-refractivity contribution in [1.29, 1.82) is 0 Å². The molecule has 2 unspecified atom stereocenters. The summed E-state index contributed by atoms with van der Waals surface area (Å²) in [6.07, 6.45) is 1.11. The van der Waals surface area contributed by atoms with E-state index in [1.807, 2.05) is 0 Å². The lowest BCUT2D eigenvalue weighted by atomic mass is 9.94. The van der Waals surface area contributed by atoms with Crippen molar-refractivity contribution in [3.05, 3.63) is 61.9 Å². The highest BCUT2D eigenvalue weighted by atomic mass is 79.9. The number of nitrogens with one attached hydrogen (secondary N) is 1. The minimum absolute atomic E-state index is 0.0211. The number of benzene rings is 1. The van der Waals surface area contributed by atoms with Gasteiger partial charge in [-0.3, -0.25) is 14.7 Å². The Hall–Kier alpha value is -2.77. The first-order valence-corrected chi connectivity index (χ1v) is 13.6. The molecule has 2 N–H and O–H groups in total. The lowest BCUT2D eigenvalue weighted by Crippen LogP contribution is -2.42. The molecule has 2 aliphatic rings. The number of aromatic nitrogens is 1. The number of ether oxygens (including phenoxy) is 1. The summed E-state index contributed by atoms with van der Waals surface area (Å²) in [5.74, 6) is -5.78. The van der Waals surface area contributed by atoms with Crippen LogP contribution in [0.5, 0.6) is 0 Å². The number of esters is 1. The topological polar surface area (TPSA) is 104 Å². The molecule has 0 radical (unpaired) electrons. The van der Waals surface area contributed by atoms with Gasteiger partial charge >= 0.3 is 11.9 Å². The van der Waals surface area contributed by atoms with E-state index in [4.69, 9.17) is 9.73 Å². The number of aliphatic imine (C=N–C) groups is 1. The maximum Gasteiger partial charge on any atom is 0.338 e. The Bertz CT molecular complexity index is 1270. The van der Waals surface area contributed by atoms with Crippen molar-refractivity contribution >= 4 is 45.0 Å². The van der Waals surface area contributed by atoms with Crippen molar-refractivity contribution in [3.63, 3.8) is 0 Å². The molecule has 0 bridgehead atoms. The van der Waals surface area contributed by atoms with E-state index >= 15 is 0 Å². The number of hydrogen-bond acceptors (Lipinski definition) is 8. The number of rotatable bonds is 9. The van der Waals surface area contributed by atoms with E-state index in [-0.39, 0.29) is 30.8 Å². The molecule has 4 rings (SSSR count). The number of aliphatic carboxylic acids is 1. The Labute approximate surface area is 229 Å². The van der Waals surface area contributed by atoms with Crippen molar-refractivity contribution in [2.45, 2.75) is 44.7 Å². The van der Waals surface area contributed by atoms with Gasteiger partial charge in [0.2, 0.25) is 0 Å². The molecule has 1 saturated heterocycles. The average molecular weight is 615 g/mol. The second-order valence-corrected chi connectivity index (χ2v) is 11.0. The van der Waals surface area contributed by atoms with E-state index in [0.29, 0.717) is 20.9 Å². The maximum absolute atomic E-state index is 14.6. The van der Waals surface area contributed by atoms with Gasteiger partial charge in [-0.05, 0) is 31.0 Å². The minimum Gasteiger partial charge on any atom is -0.481 e. The molecular weight excluding hydrogens is 589 g/mol. The molecule has 0 saturated carbocycles. The summed E-state index contributed by atoms with van der Waals surface area (Å²) in [6.45, 7) is 2.48. The van der Waals surface area contributed by atoms with Crippen LogP contribution in [0.25, 0.3) is 0 Å². The number of alkyl halides is 2. The highest BCUT2D eigenvalue weighted by Crippen LogP contribution is 2.39. The first-order chi connectivity index (χ1) is 18.0. The van der Waals surface area contributed by atoms with Gasteiger partial charge in [0.25, 0.3) is 5.92 Å². The van der Waals surface area contributed by atoms with Crippen molar-refractivity contribution in [1.82, 2.24) is 15.2 Å². The van der Waals surface area contributed by atoms with E-state index in [1.165, 1.54) is 41.4 Å². The molecule has 204 valence electrons. The Morgan fingerprint density at radius 2 is 2.16 bits per heavy atom. The summed E-state index contributed by atoms with van der Waals surface area (Å²) in [6, 6.07) is 2.32. The number of hydrogen-bond donors (Lipinski definition) is 2. The van der Waals surface area contributed by atoms with Gasteiger partial charge in [-0.25, -0.2) is 22.9 Å². The van der Waals surface area contributed by atoms with Crippen LogP contribution in [0.4, 0.5) is 13.2 Å². The Morgan fingerprint density at radius 3 is 2.79 bits per heavy atom. The third-order valence-electron chi connectivity index (χ3n) is 6.41. The standard InChI is InChI=1S/C25H26BrF3N4O4S/c1-3-37-24(36)19-18(11-33-12-25(28,29)10-15(33)8-13(2)23(34)35)31-21(22-30-6-7-38-22)32-20(19)16-5-4-14(27)9-17(16)26/h4-7,9,13,15,20H,3,8,10-12H2,1-2H3,(H,31,32)(H,34,35)/t13?,15?,20-/m0/s1. The first kappa shape index (κ1) is 28.2. The van der Waals surface area contributed by atoms with Crippen molar-refractivity contribution in [2.24, 2.45) is 10.9 Å². The number of carbonyl (C=O) groups is 2. The van der Waals surface area contributed by atoms with Gasteiger partial charge in [0.1, 0.15) is 11.9 Å². The van der Waals surface area contributed by atoms with Crippen LogP contribution < -0.4 is 5.32 Å². The third-order valence-corrected chi connectivity index (χ3v) is 7.87. The fourth-order valence-corrected chi connectivity index (χ4v) is 5.82. The maximum atomic E-state index is 14.6. The zero-order valence-corrected chi connectivity index (χ0v) is 23.0. The number of thiazole rings is 1. The Morgan fingerprint density at radius 1 is 1.39 bits per heavy atom. The minimum atomic E-state index is -3.02. The largest absolute Gasteiger partial charge is 0.481 e. The molecule has 38 heavy (non-hydrogen) atoms. The second-order valence-electron chi connectivity index (χ2n) is 9.21. The van der Waals surface area contributed by atoms with Crippen molar-refractivity contribution < 1.29 is 32.6 Å². The molecule has 1 aromatic heterocycles. The third kappa shape index (κ3) is 6.26. The highest BCUT2D eigenvalue weighted by molar-refractivity contribution is 9.10. The first-order valence-electron chi connectivity index (χ1n) is 11.9. The summed E-state index contributed by atoms with van der Waals surface area (Å²) < 4.78 is 48.7. The smallest absolute Gasteiger partial charge is 0.338 e. The van der Waals surface area contributed by atoms with Gasteiger partial charge < -0.3 is 15.2 Å². The molecule has 3 heterocycles. The average Bonchev–Trinajstić information content (AvgIpc) is 3.46. The van der Waals surface area contributed by atoms with Crippen LogP contribution in [-0.4, -0.2) is 64.4 Å². The van der Waals surface area contributed by atoms with E-state index in [2.05, 4.69) is 26.2 Å². The van der Waals surface area contributed by atoms with Crippen LogP contribution in [0.1, 0.15) is 43.3 Å². The number of amidine groups is 1. The van der Waals surface area contributed by atoms with Crippen LogP contribution in [0.15, 0.2) is 50.5 Å². The van der Waals surface area contributed by atoms with Gasteiger partial charge in [-0.1, -0.05) is 28.9 Å². The van der Waals surface area contributed by atoms with Crippen LogP contribution in [0.3, 0.4) is 0 Å². The highest BCUT2D eigenvalue weighted by Gasteiger charge is 2.46. The predicted molar refractivity (Wildman–Crippen MR) is 139 cm³/mol. The normalized spacial score (nSPS) is 22.1. The number of carboxylic acid groups (broad SMARTS) is 1. The molecular formula is C25H26BrF3N4O4S. The molecule has 0 amide bonds. The molecule has 2 aromatic rings. The SMILES string of the molecule is CCOC(=O)C1=C(CN2CC(F)(F)CC2CC(C)C(=O)O)NC(c2nccs2)=N[C@H]1c1ccc(F)cc1Br. The Kier molecular flexibility index (Phi) is 8.58. The van der Waals surface area contributed by atoms with E-state index in [0.717, 1.165) is 0 Å². The summed E-state index contributed by atoms with van der Waals surface area (Å²) in [7, 11) is 0.